The molecular weight excluding hydrogens is 256 g/mol. The third-order valence-electron chi connectivity index (χ3n) is 0.865. The van der Waals surface area contributed by atoms with Crippen molar-refractivity contribution >= 4 is 25.1 Å². The summed E-state index contributed by atoms with van der Waals surface area (Å²) in [4.78, 5) is 0. The van der Waals surface area contributed by atoms with Crippen molar-refractivity contribution in [1.29, 1.82) is 0 Å². The molecule has 0 N–H and O–H groups in total. The van der Waals surface area contributed by atoms with Gasteiger partial charge in [-0.15, -0.1) is 0 Å². The van der Waals surface area contributed by atoms with E-state index >= 15 is 0 Å². The van der Waals surface area contributed by atoms with Gasteiger partial charge in [0.2, 0.25) is 0 Å². The second kappa shape index (κ2) is 3.67. The highest BCUT2D eigenvalue weighted by atomic mass is 32.6. The van der Waals surface area contributed by atoms with Crippen LogP contribution in [0.25, 0.3) is 0 Å². The van der Waals surface area contributed by atoms with Gasteiger partial charge in [0.25, 0.3) is 0 Å². The fraction of sp³-hybridized carbons (Fsp3) is 1.00. The van der Waals surface area contributed by atoms with Gasteiger partial charge in [-0.3, -0.25) is 0 Å². The lowest BCUT2D eigenvalue weighted by molar-refractivity contribution is -0.0459. The van der Waals surface area contributed by atoms with Crippen LogP contribution in [-0.2, 0) is 11.8 Å². The molecule has 0 rings (SSSR count). The van der Waals surface area contributed by atoms with Crippen LogP contribution in [-0.4, -0.2) is 25.0 Å². The first kappa shape index (κ1) is 6.29. The topological polar surface area (TPSA) is 0 Å². The summed E-state index contributed by atoms with van der Waals surface area (Å²) in [6.07, 6.45) is 0. The fourth-order valence-electron chi connectivity index (χ4n) is 0.273. The van der Waals surface area contributed by atoms with Gasteiger partial charge in [0.05, 0.1) is 5.73 Å². The number of hydrogen-bond donors (Lipinski definition) is 0. The summed E-state index contributed by atoms with van der Waals surface area (Å²) < 4.78 is 116. The normalized spacial score (nSPS) is 29.7. The second-order valence-electron chi connectivity index (χ2n) is 1.82. The molecule has 0 aliphatic carbocycles. The molecule has 0 fully saturated rings. The lowest BCUT2D eigenvalue weighted by Crippen LogP contribution is -2.13. The van der Waals surface area contributed by atoms with Gasteiger partial charge in [0.1, 0.15) is 0 Å². The van der Waals surface area contributed by atoms with Crippen LogP contribution in [0, 0.1) is 0 Å². The van der Waals surface area contributed by atoms with Crippen LogP contribution < -0.4 is 0 Å². The number of halogens is 6. The van der Waals surface area contributed by atoms with E-state index in [2.05, 4.69) is 11.8 Å². The molecule has 0 aromatic carbocycles. The molecule has 0 saturated heterocycles. The zero-order valence-corrected chi connectivity index (χ0v) is 8.18. The Balaban J connectivity index is 6.37. The number of alkyl halides is 6. The average molecular weight is 268 g/mol. The maximum absolute atomic E-state index is 12.8. The zero-order valence-electron chi connectivity index (χ0n) is 11.6. The predicted molar refractivity (Wildman–Crippen MR) is 45.2 cm³/mol. The van der Waals surface area contributed by atoms with E-state index in [4.69, 9.17) is 8.22 Å². The van der Waals surface area contributed by atoms with E-state index in [9.17, 15) is 26.3 Å². The summed E-state index contributed by atoms with van der Waals surface area (Å²) in [5.41, 5.74) is -6.23. The maximum Gasteiger partial charge on any atom is 0.418 e. The van der Waals surface area contributed by atoms with Crippen molar-refractivity contribution in [3.05, 3.63) is 0 Å². The van der Waals surface area contributed by atoms with Crippen molar-refractivity contribution in [2.75, 3.05) is 13.2 Å². The molecule has 0 saturated carbocycles. The van der Waals surface area contributed by atoms with Crippen molar-refractivity contribution in [3.8, 4) is 0 Å². The molecule has 9 heteroatoms. The minimum Gasteiger partial charge on any atom is -0.167 e. The van der Waals surface area contributed by atoms with E-state index in [1.807, 2.05) is 0 Å². The molecule has 13 heavy (non-hydrogen) atoms. The summed E-state index contributed by atoms with van der Waals surface area (Å²) in [6.45, 7) is -8.37. The van der Waals surface area contributed by atoms with Crippen LogP contribution in [0.15, 0.2) is 0 Å². The summed E-state index contributed by atoms with van der Waals surface area (Å²) >= 11 is 3.77. The lowest BCUT2D eigenvalue weighted by atomic mass is 11.5. The largest absolute Gasteiger partial charge is 0.418 e. The van der Waals surface area contributed by atoms with Crippen molar-refractivity contribution in [1.82, 2.24) is 0 Å². The van der Waals surface area contributed by atoms with Gasteiger partial charge in [0, 0.05) is 15.8 Å². The van der Waals surface area contributed by atoms with Crippen molar-refractivity contribution in [2.45, 2.75) is 11.8 Å². The van der Waals surface area contributed by atoms with Crippen LogP contribution in [0.5, 0.6) is 0 Å². The molecule has 0 aliphatic rings. The van der Waals surface area contributed by atoms with Gasteiger partial charge >= 0.3 is 11.8 Å². The molecule has 0 radical (unpaired) electrons. The van der Waals surface area contributed by atoms with E-state index in [1.165, 1.54) is 0 Å². The lowest BCUT2D eigenvalue weighted by Gasteiger charge is -2.28. The van der Waals surface area contributed by atoms with Crippen molar-refractivity contribution in [2.24, 2.45) is 0 Å². The molecule has 0 aromatic heterocycles. The molecule has 80 valence electrons. The molecule has 0 spiro atoms. The van der Waals surface area contributed by atoms with Crippen LogP contribution in [0.2, 0.25) is 0 Å². The van der Waals surface area contributed by atoms with Crippen molar-refractivity contribution < 1.29 is 34.6 Å². The predicted octanol–water partition coefficient (Wildman–Crippen LogP) is 4.16. The molecule has 0 aliphatic heterocycles. The first-order chi connectivity index (χ1) is 7.87. The quantitative estimate of drug-likeness (QED) is 0.508. The Kier molecular flexibility index (Phi) is 1.77. The molecule has 0 bridgehead atoms. The number of rotatable bonds is 1. The van der Waals surface area contributed by atoms with Gasteiger partial charge in [-0.2, -0.15) is 26.3 Å². The third-order valence-corrected chi connectivity index (χ3v) is 7.74. The first-order valence-corrected chi connectivity index (χ1v) is 7.26. The van der Waals surface area contributed by atoms with E-state index in [0.29, 0.717) is 0 Å². The van der Waals surface area contributed by atoms with E-state index < -0.39 is 38.4 Å². The van der Waals surface area contributed by atoms with Crippen LogP contribution in [0.1, 0.15) is 8.22 Å². The standard InChI is InChI=1S/C4H6F6P2S/c1-11(3(5,6)7)12(2,13)4(8,9)10/h1-2H3/i1D3,2D3. The van der Waals surface area contributed by atoms with Gasteiger partial charge in [-0.25, -0.2) is 0 Å². The third kappa shape index (κ3) is 3.07. The minimum atomic E-state index is -6.23. The monoisotopic (exact) mass is 268 g/mol. The van der Waals surface area contributed by atoms with Crippen molar-refractivity contribution in [3.63, 3.8) is 0 Å². The average Bonchev–Trinajstić information content (AvgIpc) is 1.92. The Morgan fingerprint density at radius 1 is 1.23 bits per heavy atom. The summed E-state index contributed by atoms with van der Waals surface area (Å²) in [7, 11) is -4.93. The second-order valence-corrected chi connectivity index (χ2v) is 10.1. The van der Waals surface area contributed by atoms with Crippen LogP contribution in [0.3, 0.4) is 0 Å². The van der Waals surface area contributed by atoms with E-state index in [-0.39, 0.29) is 0 Å². The molecule has 2 atom stereocenters. The first-order valence-electron chi connectivity index (χ1n) is 5.41. The Labute approximate surface area is 85.8 Å². The highest BCUT2D eigenvalue weighted by molar-refractivity contribution is 8.52. The zero-order chi connectivity index (χ0) is 16.1. The van der Waals surface area contributed by atoms with Crippen LogP contribution >= 0.6 is 13.3 Å². The molecule has 2 unspecified atom stereocenters. The minimum absolute atomic E-state index is 3.77. The summed E-state index contributed by atoms with van der Waals surface area (Å²) in [6, 6.07) is 0. The van der Waals surface area contributed by atoms with Gasteiger partial charge in [-0.1, -0.05) is 11.8 Å². The fourth-order valence-corrected chi connectivity index (χ4v) is 3.29. The molecular formula is C4H6F6P2S. The van der Waals surface area contributed by atoms with Crippen LogP contribution in [0.4, 0.5) is 26.3 Å². The van der Waals surface area contributed by atoms with E-state index in [0.717, 1.165) is 0 Å². The van der Waals surface area contributed by atoms with E-state index in [1.54, 1.807) is 0 Å². The number of hydrogen-bond acceptors (Lipinski definition) is 1. The SMILES string of the molecule is [2H]C([2H])([2H])P(C(F)(F)F)P(=S)(C([2H])([2H])[2H])C(F)(F)F. The van der Waals surface area contributed by atoms with Gasteiger partial charge in [0.15, 0.2) is 0 Å². The molecule has 0 nitrogen and oxygen atoms in total. The highest BCUT2D eigenvalue weighted by Crippen LogP contribution is 2.84. The molecule has 0 heterocycles. The molecule has 0 amide bonds. The molecule has 0 aromatic rings. The van der Waals surface area contributed by atoms with Gasteiger partial charge in [-0.05, 0) is 13.2 Å². The van der Waals surface area contributed by atoms with Gasteiger partial charge < -0.3 is 0 Å². The maximum atomic E-state index is 12.8. The Bertz CT molecular complexity index is 349. The highest BCUT2D eigenvalue weighted by Gasteiger charge is 2.55. The summed E-state index contributed by atoms with van der Waals surface area (Å²) in [5, 5.41) is 0. The smallest absolute Gasteiger partial charge is 0.167 e. The Morgan fingerprint density at radius 2 is 1.69 bits per heavy atom. The summed E-state index contributed by atoms with van der Waals surface area (Å²) in [5.74, 6) is -11.7. The Hall–Kier alpha value is 0.660. The Morgan fingerprint density at radius 3 is 1.77 bits per heavy atom.